The van der Waals surface area contributed by atoms with Gasteiger partial charge in [-0.3, -0.25) is 9.80 Å². The molecule has 4 rings (SSSR count). The van der Waals surface area contributed by atoms with Crippen molar-refractivity contribution in [2.75, 3.05) is 32.7 Å². The van der Waals surface area contributed by atoms with Crippen LogP contribution in [0.5, 0.6) is 0 Å². The first-order valence-electron chi connectivity index (χ1n) is 7.10. The number of hydrogen-bond acceptors (Lipinski definition) is 3. The zero-order valence-corrected chi connectivity index (χ0v) is 11.5. The van der Waals surface area contributed by atoms with Crippen LogP contribution in [0.1, 0.15) is 11.1 Å². The highest BCUT2D eigenvalue weighted by Gasteiger charge is 2.35. The van der Waals surface area contributed by atoms with Crippen LogP contribution >= 0.6 is 0 Å². The number of benzene rings is 1. The maximum atomic E-state index is 13.3. The topological polar surface area (TPSA) is 32.5 Å². The molecular weight excluding hydrogens is 241 g/mol. The van der Waals surface area contributed by atoms with Gasteiger partial charge < -0.3 is 5.73 Å². The number of aryl methyl sites for hydroxylation is 1. The number of rotatable bonds is 3. The molecule has 0 aromatic heterocycles. The fraction of sp³-hybridized carbons (Fsp3) is 0.600. The van der Waals surface area contributed by atoms with Crippen LogP contribution in [-0.4, -0.2) is 54.6 Å². The number of halogens is 1. The Kier molecular flexibility index (Phi) is 3.56. The second-order valence-electron chi connectivity index (χ2n) is 5.84. The molecule has 4 heteroatoms. The molecule has 2 N–H and O–H groups in total. The number of nitrogens with zero attached hydrogens (tertiary/aromatic N) is 2. The van der Waals surface area contributed by atoms with Crippen molar-refractivity contribution in [3.8, 4) is 0 Å². The van der Waals surface area contributed by atoms with E-state index in [0.29, 0.717) is 6.04 Å². The van der Waals surface area contributed by atoms with Gasteiger partial charge >= 0.3 is 0 Å². The minimum atomic E-state index is -0.165. The minimum absolute atomic E-state index is 0.0867. The van der Waals surface area contributed by atoms with E-state index in [1.807, 2.05) is 13.0 Å². The highest BCUT2D eigenvalue weighted by atomic mass is 19.1. The van der Waals surface area contributed by atoms with Crippen LogP contribution in [0.25, 0.3) is 0 Å². The van der Waals surface area contributed by atoms with Crippen molar-refractivity contribution in [1.82, 2.24) is 9.80 Å². The summed E-state index contributed by atoms with van der Waals surface area (Å²) >= 11 is 0. The molecule has 2 atom stereocenters. The molecule has 0 spiro atoms. The monoisotopic (exact) mass is 263 g/mol. The van der Waals surface area contributed by atoms with E-state index in [0.717, 1.165) is 37.2 Å². The first kappa shape index (κ1) is 13.0. The summed E-state index contributed by atoms with van der Waals surface area (Å²) in [5.74, 6) is -0.165. The van der Waals surface area contributed by atoms with E-state index in [-0.39, 0.29) is 11.9 Å². The third kappa shape index (κ3) is 2.66. The average molecular weight is 263 g/mol. The van der Waals surface area contributed by atoms with Gasteiger partial charge in [-0.05, 0) is 36.6 Å². The van der Waals surface area contributed by atoms with Gasteiger partial charge in [-0.25, -0.2) is 4.39 Å². The number of fused-ring (bicyclic) bond motifs is 3. The molecule has 1 aromatic rings. The normalized spacial score (nSPS) is 31.4. The fourth-order valence-corrected chi connectivity index (χ4v) is 3.31. The van der Waals surface area contributed by atoms with Gasteiger partial charge in [0.15, 0.2) is 0 Å². The summed E-state index contributed by atoms with van der Waals surface area (Å²) in [4.78, 5) is 4.99. The van der Waals surface area contributed by atoms with Gasteiger partial charge in [-0.1, -0.05) is 6.07 Å². The zero-order chi connectivity index (χ0) is 13.4. The van der Waals surface area contributed by atoms with Crippen molar-refractivity contribution in [3.63, 3.8) is 0 Å². The molecule has 2 unspecified atom stereocenters. The Morgan fingerprint density at radius 3 is 2.68 bits per heavy atom. The second kappa shape index (κ2) is 5.19. The summed E-state index contributed by atoms with van der Waals surface area (Å²) in [5.41, 5.74) is 8.57. The van der Waals surface area contributed by atoms with Crippen LogP contribution < -0.4 is 5.73 Å². The van der Waals surface area contributed by atoms with Gasteiger partial charge in [0.25, 0.3) is 0 Å². The minimum Gasteiger partial charge on any atom is -0.326 e. The van der Waals surface area contributed by atoms with Crippen LogP contribution in [0.15, 0.2) is 18.2 Å². The highest BCUT2D eigenvalue weighted by Crippen LogP contribution is 2.20. The summed E-state index contributed by atoms with van der Waals surface area (Å²) in [6.45, 7) is 7.68. The Morgan fingerprint density at radius 2 is 2.05 bits per heavy atom. The maximum absolute atomic E-state index is 13.3. The molecule has 3 saturated heterocycles. The molecule has 3 heterocycles. The maximum Gasteiger partial charge on any atom is 0.123 e. The Balaban J connectivity index is 1.71. The van der Waals surface area contributed by atoms with Gasteiger partial charge in [-0.2, -0.15) is 0 Å². The lowest BCUT2D eigenvalue weighted by Crippen LogP contribution is -2.66. The first-order valence-corrected chi connectivity index (χ1v) is 7.10. The summed E-state index contributed by atoms with van der Waals surface area (Å²) in [5, 5.41) is 0. The summed E-state index contributed by atoms with van der Waals surface area (Å²) < 4.78 is 13.3. The summed E-state index contributed by atoms with van der Waals surface area (Å²) in [7, 11) is 0. The Labute approximate surface area is 114 Å². The molecule has 104 valence electrons. The molecule has 0 aliphatic carbocycles. The van der Waals surface area contributed by atoms with Gasteiger partial charge in [-0.15, -0.1) is 0 Å². The molecule has 0 saturated carbocycles. The molecule has 0 amide bonds. The Morgan fingerprint density at radius 1 is 1.32 bits per heavy atom. The van der Waals surface area contributed by atoms with E-state index in [1.54, 1.807) is 6.07 Å². The lowest BCUT2D eigenvalue weighted by Gasteiger charge is -2.49. The second-order valence-corrected chi connectivity index (χ2v) is 5.84. The molecule has 19 heavy (non-hydrogen) atoms. The van der Waals surface area contributed by atoms with E-state index in [1.165, 1.54) is 19.2 Å². The van der Waals surface area contributed by atoms with Gasteiger partial charge in [0.05, 0.1) is 0 Å². The van der Waals surface area contributed by atoms with E-state index < -0.39 is 0 Å². The number of hydrogen-bond donors (Lipinski definition) is 1. The predicted octanol–water partition coefficient (Wildman–Crippen LogP) is 1.00. The summed E-state index contributed by atoms with van der Waals surface area (Å²) in [6, 6.07) is 5.50. The van der Waals surface area contributed by atoms with Gasteiger partial charge in [0.2, 0.25) is 0 Å². The van der Waals surface area contributed by atoms with Crippen LogP contribution in [0.3, 0.4) is 0 Å². The molecule has 3 fully saturated rings. The lowest BCUT2D eigenvalue weighted by atomic mass is 9.93. The lowest BCUT2D eigenvalue weighted by molar-refractivity contribution is 0.00256. The largest absolute Gasteiger partial charge is 0.326 e. The Hall–Kier alpha value is -0.970. The number of nitrogens with two attached hydrogens (primary N) is 1. The molecule has 1 aromatic carbocycles. The van der Waals surface area contributed by atoms with E-state index >= 15 is 0 Å². The predicted molar refractivity (Wildman–Crippen MR) is 74.6 cm³/mol. The van der Waals surface area contributed by atoms with Gasteiger partial charge in [0.1, 0.15) is 5.82 Å². The standard InChI is InChI=1S/C15H22FN3/c1-11-2-3-13(16)8-12(11)9-14(17)15-10-18-4-6-19(15)7-5-18/h2-3,8,14-15H,4-7,9-10,17H2,1H3. The molecule has 3 aliphatic heterocycles. The SMILES string of the molecule is Cc1ccc(F)cc1CC(N)C1CN2CCN1CC2. The third-order valence-corrected chi connectivity index (χ3v) is 4.58. The quantitative estimate of drug-likeness (QED) is 0.883. The van der Waals surface area contributed by atoms with Crippen molar-refractivity contribution < 1.29 is 4.39 Å². The number of piperazine rings is 3. The van der Waals surface area contributed by atoms with Crippen LogP contribution in [0.4, 0.5) is 4.39 Å². The van der Waals surface area contributed by atoms with E-state index in [4.69, 9.17) is 5.73 Å². The Bertz CT molecular complexity index is 455. The smallest absolute Gasteiger partial charge is 0.123 e. The average Bonchev–Trinajstić information content (AvgIpc) is 2.44. The molecule has 3 nitrogen and oxygen atoms in total. The first-order chi connectivity index (χ1) is 9.13. The molecule has 0 radical (unpaired) electrons. The highest BCUT2D eigenvalue weighted by molar-refractivity contribution is 5.27. The third-order valence-electron chi connectivity index (χ3n) is 4.58. The summed E-state index contributed by atoms with van der Waals surface area (Å²) in [6.07, 6.45) is 0.762. The van der Waals surface area contributed by atoms with E-state index in [9.17, 15) is 4.39 Å². The van der Waals surface area contributed by atoms with Crippen molar-refractivity contribution in [2.45, 2.75) is 25.4 Å². The van der Waals surface area contributed by atoms with Crippen molar-refractivity contribution in [1.29, 1.82) is 0 Å². The van der Waals surface area contributed by atoms with Gasteiger partial charge in [0, 0.05) is 44.8 Å². The van der Waals surface area contributed by atoms with Crippen LogP contribution in [0, 0.1) is 12.7 Å². The fourth-order valence-electron chi connectivity index (χ4n) is 3.31. The van der Waals surface area contributed by atoms with E-state index in [2.05, 4.69) is 9.80 Å². The molecule has 2 bridgehead atoms. The zero-order valence-electron chi connectivity index (χ0n) is 11.5. The van der Waals surface area contributed by atoms with Crippen molar-refractivity contribution in [2.24, 2.45) is 5.73 Å². The van der Waals surface area contributed by atoms with Crippen LogP contribution in [0.2, 0.25) is 0 Å². The molecule has 3 aliphatic rings. The van der Waals surface area contributed by atoms with Crippen molar-refractivity contribution in [3.05, 3.63) is 35.1 Å². The van der Waals surface area contributed by atoms with Crippen molar-refractivity contribution >= 4 is 0 Å². The van der Waals surface area contributed by atoms with Crippen LogP contribution in [-0.2, 0) is 6.42 Å². The molecular formula is C15H22FN3.